The van der Waals surface area contributed by atoms with Gasteiger partial charge in [-0.1, -0.05) is 12.1 Å². The van der Waals surface area contributed by atoms with Gasteiger partial charge in [0.1, 0.15) is 11.6 Å². The fourth-order valence-corrected chi connectivity index (χ4v) is 3.41. The molecule has 8 heteroatoms. The summed E-state index contributed by atoms with van der Waals surface area (Å²) in [5.74, 6) is 0.00557. The zero-order valence-electron chi connectivity index (χ0n) is 15.5. The average molecular weight is 394 g/mol. The molecule has 0 atom stereocenters. The molecule has 0 aliphatic rings. The molecule has 0 fully saturated rings. The number of benzene rings is 2. The summed E-state index contributed by atoms with van der Waals surface area (Å²) in [5.41, 5.74) is 1.43. The monoisotopic (exact) mass is 394 g/mol. The second kappa shape index (κ2) is 8.96. The molecule has 2 aromatic rings. The van der Waals surface area contributed by atoms with Crippen molar-refractivity contribution in [2.75, 3.05) is 21.2 Å². The number of carbonyl (C=O) groups excluding carboxylic acids is 1. The number of nitrogens with zero attached hydrogens (tertiary/aromatic N) is 1. The minimum absolute atomic E-state index is 0.148. The summed E-state index contributed by atoms with van der Waals surface area (Å²) in [6.07, 6.45) is 0.498. The van der Waals surface area contributed by atoms with E-state index in [1.165, 1.54) is 45.5 Å². The fraction of sp³-hybridized carbons (Fsp3) is 0.316. The second-order valence-corrected chi connectivity index (χ2v) is 8.32. The van der Waals surface area contributed by atoms with E-state index in [1.807, 2.05) is 0 Å². The van der Waals surface area contributed by atoms with E-state index in [9.17, 15) is 17.6 Å². The molecule has 0 saturated heterocycles. The summed E-state index contributed by atoms with van der Waals surface area (Å²) in [7, 11) is 0.848. The third-order valence-corrected chi connectivity index (χ3v) is 5.87. The SMILES string of the molecule is COc1ccc(S(=O)(=O)N(C)C)cc1CCC(=O)NCc1ccc(F)cc1. The van der Waals surface area contributed by atoms with Gasteiger partial charge in [0, 0.05) is 27.1 Å². The van der Waals surface area contributed by atoms with Crippen LogP contribution in [0.25, 0.3) is 0 Å². The molecule has 6 nitrogen and oxygen atoms in total. The van der Waals surface area contributed by atoms with Gasteiger partial charge in [-0.15, -0.1) is 0 Å². The third-order valence-electron chi connectivity index (χ3n) is 4.05. The van der Waals surface area contributed by atoms with Crippen LogP contribution in [0.3, 0.4) is 0 Å². The van der Waals surface area contributed by atoms with E-state index < -0.39 is 10.0 Å². The largest absolute Gasteiger partial charge is 0.496 e. The molecule has 0 unspecified atom stereocenters. The molecule has 0 aliphatic carbocycles. The second-order valence-electron chi connectivity index (χ2n) is 6.16. The molecule has 1 amide bonds. The van der Waals surface area contributed by atoms with Crippen LogP contribution in [0.1, 0.15) is 17.5 Å². The summed E-state index contributed by atoms with van der Waals surface area (Å²) < 4.78 is 43.9. The lowest BCUT2D eigenvalue weighted by atomic mass is 10.1. The van der Waals surface area contributed by atoms with Gasteiger partial charge in [-0.2, -0.15) is 0 Å². The normalized spacial score (nSPS) is 11.4. The number of hydrogen-bond acceptors (Lipinski definition) is 4. The van der Waals surface area contributed by atoms with Crippen LogP contribution in [0.2, 0.25) is 0 Å². The summed E-state index contributed by atoms with van der Waals surface area (Å²) >= 11 is 0. The highest BCUT2D eigenvalue weighted by Crippen LogP contribution is 2.25. The molecule has 2 rings (SSSR count). The first-order valence-electron chi connectivity index (χ1n) is 8.34. The molecule has 0 spiro atoms. The minimum atomic E-state index is -3.57. The molecule has 0 saturated carbocycles. The van der Waals surface area contributed by atoms with Crippen molar-refractivity contribution in [3.8, 4) is 5.75 Å². The molecule has 0 bridgehead atoms. The van der Waals surface area contributed by atoms with Crippen molar-refractivity contribution in [1.29, 1.82) is 0 Å². The highest BCUT2D eigenvalue weighted by atomic mass is 32.2. The van der Waals surface area contributed by atoms with Gasteiger partial charge in [-0.05, 0) is 47.9 Å². The van der Waals surface area contributed by atoms with Gasteiger partial charge in [-0.3, -0.25) is 4.79 Å². The number of halogens is 1. The first-order valence-corrected chi connectivity index (χ1v) is 9.78. The molecule has 27 heavy (non-hydrogen) atoms. The molecule has 2 aromatic carbocycles. The Kier molecular flexibility index (Phi) is 6.92. The van der Waals surface area contributed by atoms with Crippen molar-refractivity contribution in [3.05, 3.63) is 59.4 Å². The van der Waals surface area contributed by atoms with Crippen molar-refractivity contribution in [2.45, 2.75) is 24.3 Å². The standard InChI is InChI=1S/C19H23FN2O4S/c1-22(2)27(24,25)17-9-10-18(26-3)15(12-17)6-11-19(23)21-13-14-4-7-16(20)8-5-14/h4-5,7-10,12H,6,11,13H2,1-3H3,(H,21,23). The van der Waals surface area contributed by atoms with E-state index in [2.05, 4.69) is 5.32 Å². The van der Waals surface area contributed by atoms with Crippen molar-refractivity contribution < 1.29 is 22.3 Å². The molecule has 0 aliphatic heterocycles. The summed E-state index contributed by atoms with van der Waals surface area (Å²) in [4.78, 5) is 12.2. The van der Waals surface area contributed by atoms with Crippen molar-refractivity contribution in [2.24, 2.45) is 0 Å². The van der Waals surface area contributed by atoms with Crippen LogP contribution >= 0.6 is 0 Å². The zero-order valence-corrected chi connectivity index (χ0v) is 16.3. The first kappa shape index (κ1) is 20.9. The molecule has 0 aromatic heterocycles. The van der Waals surface area contributed by atoms with Crippen LogP contribution in [-0.4, -0.2) is 39.8 Å². The Bertz CT molecular complexity index is 896. The number of sulfonamides is 1. The minimum Gasteiger partial charge on any atom is -0.496 e. The van der Waals surface area contributed by atoms with Crippen molar-refractivity contribution >= 4 is 15.9 Å². The van der Waals surface area contributed by atoms with E-state index in [-0.39, 0.29) is 23.0 Å². The average Bonchev–Trinajstić information content (AvgIpc) is 2.65. The Morgan fingerprint density at radius 3 is 2.41 bits per heavy atom. The highest BCUT2D eigenvalue weighted by Gasteiger charge is 2.19. The lowest BCUT2D eigenvalue weighted by molar-refractivity contribution is -0.121. The maximum absolute atomic E-state index is 12.9. The third kappa shape index (κ3) is 5.51. The lowest BCUT2D eigenvalue weighted by Crippen LogP contribution is -2.23. The van der Waals surface area contributed by atoms with Crippen LogP contribution in [0.5, 0.6) is 5.75 Å². The topological polar surface area (TPSA) is 75.7 Å². The number of amides is 1. The Labute approximate surface area is 159 Å². The van der Waals surface area contributed by atoms with Gasteiger partial charge < -0.3 is 10.1 Å². The number of methoxy groups -OCH3 is 1. The van der Waals surface area contributed by atoms with Crippen LogP contribution in [0.4, 0.5) is 4.39 Å². The van der Waals surface area contributed by atoms with E-state index in [0.29, 0.717) is 24.3 Å². The van der Waals surface area contributed by atoms with E-state index >= 15 is 0 Å². The van der Waals surface area contributed by atoms with Gasteiger partial charge in [0.2, 0.25) is 15.9 Å². The lowest BCUT2D eigenvalue weighted by Gasteiger charge is -2.14. The summed E-state index contributed by atoms with van der Waals surface area (Å²) in [5, 5.41) is 2.76. The Balaban J connectivity index is 2.03. The predicted octanol–water partition coefficient (Wildman–Crippen LogP) is 2.33. The Hall–Kier alpha value is -2.45. The number of nitrogens with one attached hydrogen (secondary N) is 1. The fourth-order valence-electron chi connectivity index (χ4n) is 2.46. The van der Waals surface area contributed by atoms with Crippen molar-refractivity contribution in [3.63, 3.8) is 0 Å². The molecular formula is C19H23FN2O4S. The summed E-state index contributed by atoms with van der Waals surface area (Å²) in [6.45, 7) is 0.297. The number of rotatable bonds is 8. The van der Waals surface area contributed by atoms with E-state index in [1.54, 1.807) is 18.2 Å². The predicted molar refractivity (Wildman–Crippen MR) is 100 cm³/mol. The molecule has 146 valence electrons. The number of hydrogen-bond donors (Lipinski definition) is 1. The maximum atomic E-state index is 12.9. The van der Waals surface area contributed by atoms with Crippen molar-refractivity contribution in [1.82, 2.24) is 9.62 Å². The zero-order chi connectivity index (χ0) is 20.0. The van der Waals surface area contributed by atoms with Gasteiger partial charge in [0.25, 0.3) is 0 Å². The van der Waals surface area contributed by atoms with Gasteiger partial charge in [-0.25, -0.2) is 17.1 Å². The quantitative estimate of drug-likeness (QED) is 0.746. The van der Waals surface area contributed by atoms with Crippen LogP contribution in [0, 0.1) is 5.82 Å². The summed E-state index contributed by atoms with van der Waals surface area (Å²) in [6, 6.07) is 10.5. The van der Waals surface area contributed by atoms with E-state index in [4.69, 9.17) is 4.74 Å². The Morgan fingerprint density at radius 2 is 1.81 bits per heavy atom. The van der Waals surface area contributed by atoms with E-state index in [0.717, 1.165) is 9.87 Å². The van der Waals surface area contributed by atoms with Gasteiger partial charge >= 0.3 is 0 Å². The molecule has 0 radical (unpaired) electrons. The van der Waals surface area contributed by atoms with Crippen LogP contribution in [0.15, 0.2) is 47.4 Å². The smallest absolute Gasteiger partial charge is 0.242 e. The highest BCUT2D eigenvalue weighted by molar-refractivity contribution is 7.89. The van der Waals surface area contributed by atoms with Crippen LogP contribution in [-0.2, 0) is 27.8 Å². The van der Waals surface area contributed by atoms with Gasteiger partial charge in [0.05, 0.1) is 12.0 Å². The number of aryl methyl sites for hydroxylation is 1. The number of ether oxygens (including phenoxy) is 1. The molecule has 0 heterocycles. The molecule has 1 N–H and O–H groups in total. The number of carbonyl (C=O) groups is 1. The first-order chi connectivity index (χ1) is 12.7. The molecular weight excluding hydrogens is 371 g/mol. The maximum Gasteiger partial charge on any atom is 0.242 e. The Morgan fingerprint density at radius 1 is 1.15 bits per heavy atom. The van der Waals surface area contributed by atoms with Crippen LogP contribution < -0.4 is 10.1 Å². The van der Waals surface area contributed by atoms with Gasteiger partial charge in [0.15, 0.2) is 0 Å².